The molecule has 0 aliphatic heterocycles. The Morgan fingerprint density at radius 3 is 3.00 bits per heavy atom. The molecule has 0 bridgehead atoms. The van der Waals surface area contributed by atoms with Gasteiger partial charge in [-0.15, -0.1) is 11.3 Å². The van der Waals surface area contributed by atoms with Gasteiger partial charge in [0.1, 0.15) is 10.7 Å². The highest BCUT2D eigenvalue weighted by Gasteiger charge is 2.10. The average Bonchev–Trinajstić information content (AvgIpc) is 2.79. The standard InChI is InChI=1S/C15H15N3S/c1-2-4-13-18-14(15(16)19-13)11-6-7-12-10(9-11)5-3-8-17-12/h3,5-9H,2,4,16H2,1H3. The van der Waals surface area contributed by atoms with Crippen LogP contribution in [-0.4, -0.2) is 9.97 Å². The predicted octanol–water partition coefficient (Wildman–Crippen LogP) is 3.89. The Hall–Kier alpha value is -1.94. The van der Waals surface area contributed by atoms with E-state index in [1.807, 2.05) is 18.2 Å². The van der Waals surface area contributed by atoms with E-state index in [1.165, 1.54) is 0 Å². The minimum absolute atomic E-state index is 0.798. The molecule has 0 radical (unpaired) electrons. The summed E-state index contributed by atoms with van der Waals surface area (Å²) >= 11 is 1.59. The summed E-state index contributed by atoms with van der Waals surface area (Å²) in [6, 6.07) is 10.2. The summed E-state index contributed by atoms with van der Waals surface area (Å²) in [6.45, 7) is 2.15. The lowest BCUT2D eigenvalue weighted by Crippen LogP contribution is -1.87. The van der Waals surface area contributed by atoms with Gasteiger partial charge in [0.2, 0.25) is 0 Å². The molecule has 2 N–H and O–H groups in total. The van der Waals surface area contributed by atoms with Gasteiger partial charge in [-0.1, -0.05) is 19.1 Å². The van der Waals surface area contributed by atoms with Crippen molar-refractivity contribution in [2.45, 2.75) is 19.8 Å². The van der Waals surface area contributed by atoms with E-state index >= 15 is 0 Å². The number of aryl methyl sites for hydroxylation is 1. The molecule has 4 heteroatoms. The van der Waals surface area contributed by atoms with Crippen LogP contribution in [0.2, 0.25) is 0 Å². The van der Waals surface area contributed by atoms with Crippen LogP contribution in [0.5, 0.6) is 0 Å². The number of nitrogens with zero attached hydrogens (tertiary/aromatic N) is 2. The Balaban J connectivity index is 2.08. The molecule has 0 aliphatic rings. The molecule has 3 rings (SSSR count). The zero-order valence-corrected chi connectivity index (χ0v) is 11.6. The Kier molecular flexibility index (Phi) is 3.17. The summed E-state index contributed by atoms with van der Waals surface area (Å²) in [5.74, 6) is 0. The van der Waals surface area contributed by atoms with Gasteiger partial charge in [0.15, 0.2) is 0 Å². The normalized spacial score (nSPS) is 11.0. The molecule has 0 fully saturated rings. The molecule has 96 valence electrons. The topological polar surface area (TPSA) is 51.8 Å². The monoisotopic (exact) mass is 269 g/mol. The Morgan fingerprint density at radius 2 is 2.16 bits per heavy atom. The van der Waals surface area contributed by atoms with Crippen LogP contribution in [0.1, 0.15) is 18.4 Å². The number of aromatic nitrogens is 2. The summed E-state index contributed by atoms with van der Waals surface area (Å²) in [5, 5.41) is 3.03. The number of hydrogen-bond donors (Lipinski definition) is 1. The van der Waals surface area contributed by atoms with Crippen LogP contribution in [0.3, 0.4) is 0 Å². The van der Waals surface area contributed by atoms with Crippen LogP contribution in [0.15, 0.2) is 36.5 Å². The molecule has 0 saturated heterocycles. The highest BCUT2D eigenvalue weighted by atomic mass is 32.1. The van der Waals surface area contributed by atoms with Crippen LogP contribution < -0.4 is 5.73 Å². The lowest BCUT2D eigenvalue weighted by atomic mass is 10.1. The zero-order valence-electron chi connectivity index (χ0n) is 10.8. The highest BCUT2D eigenvalue weighted by Crippen LogP contribution is 2.32. The molecule has 19 heavy (non-hydrogen) atoms. The second kappa shape index (κ2) is 4.97. The van der Waals surface area contributed by atoms with E-state index in [-0.39, 0.29) is 0 Å². The summed E-state index contributed by atoms with van der Waals surface area (Å²) in [5.41, 5.74) is 9.05. The van der Waals surface area contributed by atoms with Crippen molar-refractivity contribution in [2.75, 3.05) is 5.73 Å². The predicted molar refractivity (Wildman–Crippen MR) is 81.3 cm³/mol. The number of anilines is 1. The lowest BCUT2D eigenvalue weighted by molar-refractivity contribution is 0.910. The molecule has 0 atom stereocenters. The van der Waals surface area contributed by atoms with Gasteiger partial charge in [-0.05, 0) is 31.0 Å². The molecule has 2 heterocycles. The molecule has 2 aromatic heterocycles. The van der Waals surface area contributed by atoms with Gasteiger partial charge in [-0.3, -0.25) is 4.98 Å². The van der Waals surface area contributed by atoms with Crippen LogP contribution in [-0.2, 0) is 6.42 Å². The molecule has 3 aromatic rings. The number of pyridine rings is 1. The van der Waals surface area contributed by atoms with E-state index in [0.29, 0.717) is 0 Å². The third-order valence-electron chi connectivity index (χ3n) is 3.04. The molecule has 0 unspecified atom stereocenters. The molecular weight excluding hydrogens is 254 g/mol. The van der Waals surface area contributed by atoms with E-state index in [0.717, 1.165) is 45.0 Å². The van der Waals surface area contributed by atoms with Crippen LogP contribution in [0.4, 0.5) is 5.00 Å². The maximum absolute atomic E-state index is 6.09. The first kappa shape index (κ1) is 12.1. The lowest BCUT2D eigenvalue weighted by Gasteiger charge is -2.01. The second-order valence-electron chi connectivity index (χ2n) is 4.48. The fraction of sp³-hybridized carbons (Fsp3) is 0.200. The minimum atomic E-state index is 0.798. The fourth-order valence-electron chi connectivity index (χ4n) is 2.13. The van der Waals surface area contributed by atoms with Crippen molar-refractivity contribution < 1.29 is 0 Å². The number of nitrogen functional groups attached to an aromatic ring is 1. The van der Waals surface area contributed by atoms with Gasteiger partial charge < -0.3 is 5.73 Å². The first-order valence-corrected chi connectivity index (χ1v) is 7.20. The van der Waals surface area contributed by atoms with E-state index in [2.05, 4.69) is 29.0 Å². The Labute approximate surface area is 116 Å². The van der Waals surface area contributed by atoms with Gasteiger partial charge in [-0.2, -0.15) is 0 Å². The quantitative estimate of drug-likeness (QED) is 0.784. The van der Waals surface area contributed by atoms with Gasteiger partial charge >= 0.3 is 0 Å². The van der Waals surface area contributed by atoms with E-state index in [4.69, 9.17) is 5.73 Å². The van der Waals surface area contributed by atoms with Crippen LogP contribution in [0, 0.1) is 0 Å². The maximum atomic E-state index is 6.09. The van der Waals surface area contributed by atoms with Gasteiger partial charge in [0.05, 0.1) is 10.5 Å². The summed E-state index contributed by atoms with van der Waals surface area (Å²) in [4.78, 5) is 8.97. The van der Waals surface area contributed by atoms with E-state index < -0.39 is 0 Å². The van der Waals surface area contributed by atoms with Crippen molar-refractivity contribution in [3.63, 3.8) is 0 Å². The van der Waals surface area contributed by atoms with Crippen molar-refractivity contribution >= 4 is 27.2 Å². The number of nitrogens with two attached hydrogens (primary N) is 1. The number of benzene rings is 1. The number of thiazole rings is 1. The highest BCUT2D eigenvalue weighted by molar-refractivity contribution is 7.16. The molecule has 3 nitrogen and oxygen atoms in total. The Bertz CT molecular complexity index is 718. The first-order valence-electron chi connectivity index (χ1n) is 6.38. The molecule has 0 amide bonds. The molecule has 0 saturated carbocycles. The van der Waals surface area contributed by atoms with Gasteiger partial charge in [0, 0.05) is 17.1 Å². The second-order valence-corrected chi connectivity index (χ2v) is 5.60. The summed E-state index contributed by atoms with van der Waals surface area (Å²) in [7, 11) is 0. The minimum Gasteiger partial charge on any atom is -0.389 e. The van der Waals surface area contributed by atoms with Crippen molar-refractivity contribution in [1.82, 2.24) is 9.97 Å². The molecule has 0 aliphatic carbocycles. The van der Waals surface area contributed by atoms with Crippen molar-refractivity contribution in [3.05, 3.63) is 41.5 Å². The molecule has 1 aromatic carbocycles. The first-order chi connectivity index (χ1) is 9.28. The Morgan fingerprint density at radius 1 is 1.26 bits per heavy atom. The summed E-state index contributed by atoms with van der Waals surface area (Å²) < 4.78 is 0. The maximum Gasteiger partial charge on any atom is 0.114 e. The van der Waals surface area contributed by atoms with Crippen molar-refractivity contribution in [1.29, 1.82) is 0 Å². The number of fused-ring (bicyclic) bond motifs is 1. The van der Waals surface area contributed by atoms with E-state index in [1.54, 1.807) is 17.5 Å². The molecule has 0 spiro atoms. The largest absolute Gasteiger partial charge is 0.389 e. The van der Waals surface area contributed by atoms with Gasteiger partial charge in [-0.25, -0.2) is 4.98 Å². The van der Waals surface area contributed by atoms with Crippen LogP contribution >= 0.6 is 11.3 Å². The van der Waals surface area contributed by atoms with E-state index in [9.17, 15) is 0 Å². The number of rotatable bonds is 3. The van der Waals surface area contributed by atoms with Crippen molar-refractivity contribution in [2.24, 2.45) is 0 Å². The smallest absolute Gasteiger partial charge is 0.114 e. The van der Waals surface area contributed by atoms with Gasteiger partial charge in [0.25, 0.3) is 0 Å². The fourth-order valence-corrected chi connectivity index (χ4v) is 3.09. The molecular formula is C15H15N3S. The van der Waals surface area contributed by atoms with Crippen molar-refractivity contribution in [3.8, 4) is 11.3 Å². The van der Waals surface area contributed by atoms with Crippen LogP contribution in [0.25, 0.3) is 22.2 Å². The summed E-state index contributed by atoms with van der Waals surface area (Å²) in [6.07, 6.45) is 3.89. The SMILES string of the molecule is CCCc1nc(-c2ccc3ncccc3c2)c(N)s1. The average molecular weight is 269 g/mol. The zero-order chi connectivity index (χ0) is 13.2. The number of hydrogen-bond acceptors (Lipinski definition) is 4. The third-order valence-corrected chi connectivity index (χ3v) is 3.98. The third kappa shape index (κ3) is 2.31.